The van der Waals surface area contributed by atoms with Crippen LogP contribution >= 0.6 is 0 Å². The Labute approximate surface area is 174 Å². The summed E-state index contributed by atoms with van der Waals surface area (Å²) in [6.07, 6.45) is 2.18. The molecular formula is C21H25N3O6. The summed E-state index contributed by atoms with van der Waals surface area (Å²) < 4.78 is 12.9. The molecule has 3 rings (SSSR count). The van der Waals surface area contributed by atoms with Crippen LogP contribution < -0.4 is 5.32 Å². The van der Waals surface area contributed by atoms with Crippen molar-refractivity contribution in [2.75, 3.05) is 25.6 Å². The van der Waals surface area contributed by atoms with Crippen molar-refractivity contribution in [1.82, 2.24) is 4.57 Å². The van der Waals surface area contributed by atoms with Gasteiger partial charge < -0.3 is 19.4 Å². The molecule has 1 aliphatic rings. The molecule has 0 saturated carbocycles. The third-order valence-electron chi connectivity index (χ3n) is 5.32. The summed E-state index contributed by atoms with van der Waals surface area (Å²) in [6.45, 7) is 4.79. The molecule has 0 unspecified atom stereocenters. The monoisotopic (exact) mass is 415 g/mol. The smallest absolute Gasteiger partial charge is 0.338 e. The number of aryl methyl sites for hydroxylation is 1. The molecule has 0 amide bonds. The predicted octanol–water partition coefficient (Wildman–Crippen LogP) is 3.27. The van der Waals surface area contributed by atoms with Crippen LogP contribution in [0.5, 0.6) is 0 Å². The summed E-state index contributed by atoms with van der Waals surface area (Å²) in [5, 5.41) is 13.8. The molecule has 160 valence electrons. The maximum atomic E-state index is 12.6. The highest BCUT2D eigenvalue weighted by Gasteiger charge is 2.23. The molecule has 9 heteroatoms. The van der Waals surface area contributed by atoms with E-state index in [2.05, 4.69) is 5.32 Å². The van der Waals surface area contributed by atoms with E-state index in [0.29, 0.717) is 12.1 Å². The lowest BCUT2D eigenvalue weighted by molar-refractivity contribution is -0.384. The first-order chi connectivity index (χ1) is 14.3. The zero-order chi connectivity index (χ0) is 21.8. The molecule has 1 aromatic carbocycles. The number of nitro groups is 1. The Balaban J connectivity index is 1.67. The Kier molecular flexibility index (Phi) is 6.51. The Morgan fingerprint density at radius 1 is 1.33 bits per heavy atom. The number of nitrogens with one attached hydrogen (secondary N) is 1. The number of hydrogen-bond donors (Lipinski definition) is 1. The van der Waals surface area contributed by atoms with Crippen molar-refractivity contribution in [1.29, 1.82) is 0 Å². The van der Waals surface area contributed by atoms with Crippen LogP contribution in [0, 0.1) is 24.0 Å². The van der Waals surface area contributed by atoms with Gasteiger partial charge >= 0.3 is 5.97 Å². The van der Waals surface area contributed by atoms with Crippen LogP contribution in [-0.2, 0) is 16.0 Å². The second-order valence-electron chi connectivity index (χ2n) is 7.27. The molecule has 1 fully saturated rings. The van der Waals surface area contributed by atoms with Crippen LogP contribution in [0.25, 0.3) is 0 Å². The zero-order valence-corrected chi connectivity index (χ0v) is 17.3. The number of anilines is 1. The van der Waals surface area contributed by atoms with Gasteiger partial charge in [-0.05, 0) is 44.9 Å². The zero-order valence-electron chi connectivity index (χ0n) is 17.3. The van der Waals surface area contributed by atoms with Crippen LogP contribution in [0.2, 0.25) is 0 Å². The Morgan fingerprint density at radius 3 is 2.73 bits per heavy atom. The van der Waals surface area contributed by atoms with E-state index in [-0.39, 0.29) is 28.8 Å². The normalized spacial score (nSPS) is 15.8. The maximum absolute atomic E-state index is 12.6. The van der Waals surface area contributed by atoms with Crippen molar-refractivity contribution < 1.29 is 24.0 Å². The Hall–Kier alpha value is -3.20. The molecule has 1 N–H and O–H groups in total. The van der Waals surface area contributed by atoms with Crippen LogP contribution in [-0.4, -0.2) is 47.6 Å². The van der Waals surface area contributed by atoms with Gasteiger partial charge in [0.2, 0.25) is 5.78 Å². The molecule has 0 aliphatic carbocycles. The van der Waals surface area contributed by atoms with Crippen molar-refractivity contribution in [3.8, 4) is 0 Å². The van der Waals surface area contributed by atoms with E-state index in [1.807, 2.05) is 18.4 Å². The van der Waals surface area contributed by atoms with Crippen molar-refractivity contribution in [3.63, 3.8) is 0 Å². The minimum Gasteiger partial charge on any atom is -0.454 e. The molecule has 30 heavy (non-hydrogen) atoms. The number of benzene rings is 1. The minimum atomic E-state index is -0.790. The van der Waals surface area contributed by atoms with E-state index < -0.39 is 17.5 Å². The minimum absolute atomic E-state index is 0.0114. The van der Waals surface area contributed by atoms with E-state index in [0.717, 1.165) is 36.9 Å². The molecule has 0 spiro atoms. The van der Waals surface area contributed by atoms with Gasteiger partial charge in [-0.1, -0.05) is 0 Å². The third-order valence-corrected chi connectivity index (χ3v) is 5.32. The van der Waals surface area contributed by atoms with Gasteiger partial charge in [-0.2, -0.15) is 0 Å². The summed E-state index contributed by atoms with van der Waals surface area (Å²) in [5.74, 6) is -1.11. The lowest BCUT2D eigenvalue weighted by Gasteiger charge is -2.14. The van der Waals surface area contributed by atoms with Gasteiger partial charge in [0, 0.05) is 43.2 Å². The second-order valence-corrected chi connectivity index (χ2v) is 7.27. The van der Waals surface area contributed by atoms with Crippen molar-refractivity contribution in [3.05, 3.63) is 56.9 Å². The lowest BCUT2D eigenvalue weighted by atomic mass is 10.1. The van der Waals surface area contributed by atoms with Crippen molar-refractivity contribution in [2.45, 2.75) is 39.3 Å². The number of carbonyl (C=O) groups excluding carboxylic acids is 2. The molecule has 1 atom stereocenters. The molecule has 2 aromatic rings. The number of esters is 1. The third kappa shape index (κ3) is 4.51. The standard InChI is InChI=1S/C21H25N3O6/c1-13-9-17(14(2)23(13)11-16-5-4-8-29-16)20(25)12-30-21(26)15-6-7-18(22-3)19(10-15)24(27)28/h6-7,9-10,16,22H,4-5,8,11-12H2,1-3H3/t16-/m0/s1. The van der Waals surface area contributed by atoms with E-state index in [9.17, 15) is 19.7 Å². The quantitative estimate of drug-likeness (QED) is 0.305. The van der Waals surface area contributed by atoms with Crippen LogP contribution in [0.15, 0.2) is 24.3 Å². The van der Waals surface area contributed by atoms with E-state index in [1.54, 1.807) is 13.1 Å². The highest BCUT2D eigenvalue weighted by Crippen LogP contribution is 2.25. The van der Waals surface area contributed by atoms with Crippen molar-refractivity contribution >= 4 is 23.1 Å². The number of carbonyl (C=O) groups is 2. The number of rotatable bonds is 8. The van der Waals surface area contributed by atoms with Gasteiger partial charge in [-0.25, -0.2) is 4.79 Å². The summed E-state index contributed by atoms with van der Waals surface area (Å²) in [5.41, 5.74) is 2.29. The topological polar surface area (TPSA) is 113 Å². The molecule has 0 bridgehead atoms. The number of ketones is 1. The second kappa shape index (κ2) is 9.08. The number of ether oxygens (including phenoxy) is 2. The summed E-state index contributed by atoms with van der Waals surface area (Å²) in [4.78, 5) is 35.5. The lowest BCUT2D eigenvalue weighted by Crippen LogP contribution is -2.18. The molecule has 1 aliphatic heterocycles. The highest BCUT2D eigenvalue weighted by atomic mass is 16.6. The van der Waals surface area contributed by atoms with E-state index >= 15 is 0 Å². The molecule has 1 aromatic heterocycles. The van der Waals surface area contributed by atoms with E-state index in [1.165, 1.54) is 12.1 Å². The number of aromatic nitrogens is 1. The summed E-state index contributed by atoms with van der Waals surface area (Å²) in [6, 6.07) is 5.76. The van der Waals surface area contributed by atoms with Crippen LogP contribution in [0.3, 0.4) is 0 Å². The Bertz CT molecular complexity index is 975. The number of nitrogens with zero attached hydrogens (tertiary/aromatic N) is 2. The predicted molar refractivity (Wildman–Crippen MR) is 110 cm³/mol. The number of Topliss-reactive ketones (excluding diaryl/α,β-unsaturated/α-hetero) is 1. The van der Waals surface area contributed by atoms with Crippen LogP contribution in [0.1, 0.15) is 44.9 Å². The molecule has 2 heterocycles. The number of nitro benzene ring substituents is 1. The van der Waals surface area contributed by atoms with Crippen LogP contribution in [0.4, 0.5) is 11.4 Å². The average Bonchev–Trinajstić information content (AvgIpc) is 3.35. The largest absolute Gasteiger partial charge is 0.454 e. The first-order valence-corrected chi connectivity index (χ1v) is 9.76. The molecular weight excluding hydrogens is 390 g/mol. The summed E-state index contributed by atoms with van der Waals surface area (Å²) >= 11 is 0. The fourth-order valence-electron chi connectivity index (χ4n) is 3.67. The van der Waals surface area contributed by atoms with Gasteiger partial charge in [0.15, 0.2) is 6.61 Å². The van der Waals surface area contributed by atoms with Gasteiger partial charge in [0.25, 0.3) is 5.69 Å². The van der Waals surface area contributed by atoms with Gasteiger partial charge in [0.05, 0.1) is 16.6 Å². The molecule has 1 saturated heterocycles. The maximum Gasteiger partial charge on any atom is 0.338 e. The average molecular weight is 415 g/mol. The number of hydrogen-bond acceptors (Lipinski definition) is 7. The Morgan fingerprint density at radius 2 is 2.10 bits per heavy atom. The highest BCUT2D eigenvalue weighted by molar-refractivity contribution is 6.00. The SMILES string of the molecule is CNc1ccc(C(=O)OCC(=O)c2cc(C)n(C[C@@H]3CCCO3)c2C)cc1[N+](=O)[O-]. The van der Waals surface area contributed by atoms with E-state index in [4.69, 9.17) is 9.47 Å². The van der Waals surface area contributed by atoms with Gasteiger partial charge in [-0.3, -0.25) is 14.9 Å². The van der Waals surface area contributed by atoms with Gasteiger partial charge in [-0.15, -0.1) is 0 Å². The first-order valence-electron chi connectivity index (χ1n) is 9.76. The van der Waals surface area contributed by atoms with Gasteiger partial charge in [0.1, 0.15) is 5.69 Å². The molecule has 9 nitrogen and oxygen atoms in total. The fraction of sp³-hybridized carbons (Fsp3) is 0.429. The summed E-state index contributed by atoms with van der Waals surface area (Å²) in [7, 11) is 1.55. The first kappa shape index (κ1) is 21.5. The molecule has 0 radical (unpaired) electrons. The fourth-order valence-corrected chi connectivity index (χ4v) is 3.67. The van der Waals surface area contributed by atoms with Crippen molar-refractivity contribution in [2.24, 2.45) is 0 Å².